The molecule has 6 nitrogen and oxygen atoms in total. The number of benzene rings is 1. The Hall–Kier alpha value is -3.10. The van der Waals surface area contributed by atoms with Gasteiger partial charge in [0, 0.05) is 12.3 Å². The number of nitrogens with one attached hydrogen (secondary N) is 1. The fourth-order valence-corrected chi connectivity index (χ4v) is 2.77. The smallest absolute Gasteiger partial charge is 0.425 e. The Balaban J connectivity index is 1.97. The Morgan fingerprint density at radius 1 is 1.15 bits per heavy atom. The van der Waals surface area contributed by atoms with Crippen LogP contribution in [0.3, 0.4) is 0 Å². The predicted octanol–water partition coefficient (Wildman–Crippen LogP) is 2.60. The van der Waals surface area contributed by atoms with Gasteiger partial charge in [0.2, 0.25) is 11.4 Å². The largest absolute Gasteiger partial charge is 0.481 e. The molecule has 1 aromatic heterocycles. The molecule has 0 unspecified atom stereocenters. The number of carbonyl (C=O) groups excluding carboxylic acids is 2. The average molecular weight is 365 g/mol. The monoisotopic (exact) mass is 365 g/mol. The molecule has 1 atom stereocenters. The number of amides is 3. The zero-order valence-electron chi connectivity index (χ0n) is 13.6. The van der Waals surface area contributed by atoms with Crippen molar-refractivity contribution < 1.29 is 27.5 Å². The topological polar surface area (TPSA) is 71.5 Å². The summed E-state index contributed by atoms with van der Waals surface area (Å²) in [5.74, 6) is -1.07. The van der Waals surface area contributed by atoms with Crippen LogP contribution in [-0.2, 0) is 16.9 Å². The highest BCUT2D eigenvalue weighted by atomic mass is 19.4. The summed E-state index contributed by atoms with van der Waals surface area (Å²) in [6.45, 7) is -0.341. The fourth-order valence-electron chi connectivity index (χ4n) is 2.77. The zero-order valence-corrected chi connectivity index (χ0v) is 13.6. The second-order valence-corrected chi connectivity index (χ2v) is 5.64. The van der Waals surface area contributed by atoms with Crippen LogP contribution in [0.4, 0.5) is 18.0 Å². The van der Waals surface area contributed by atoms with Gasteiger partial charge < -0.3 is 10.1 Å². The van der Waals surface area contributed by atoms with Gasteiger partial charge in [-0.1, -0.05) is 36.4 Å². The molecule has 3 rings (SSSR count). The molecule has 1 fully saturated rings. The second kappa shape index (κ2) is 6.32. The number of urea groups is 1. The Labute approximate surface area is 146 Å². The maximum Gasteiger partial charge on any atom is 0.425 e. The van der Waals surface area contributed by atoms with Gasteiger partial charge in [-0.3, -0.25) is 9.69 Å². The van der Waals surface area contributed by atoms with Crippen LogP contribution in [-0.4, -0.2) is 35.1 Å². The van der Waals surface area contributed by atoms with E-state index < -0.39 is 23.7 Å². The molecule has 1 saturated heterocycles. The lowest BCUT2D eigenvalue weighted by molar-refractivity contribution is -0.198. The summed E-state index contributed by atoms with van der Waals surface area (Å²) in [5, 5.41) is 1.83. The second-order valence-electron chi connectivity index (χ2n) is 5.64. The van der Waals surface area contributed by atoms with E-state index in [-0.39, 0.29) is 12.1 Å². The summed E-state index contributed by atoms with van der Waals surface area (Å²) in [4.78, 5) is 29.3. The minimum absolute atomic E-state index is 0.305. The third-order valence-electron chi connectivity index (χ3n) is 4.08. The molecule has 0 aliphatic carbocycles. The number of halogens is 3. The predicted molar refractivity (Wildman–Crippen MR) is 84.0 cm³/mol. The number of nitrogens with zero attached hydrogens (tertiary/aromatic N) is 2. The number of methoxy groups -OCH3 is 1. The maximum absolute atomic E-state index is 13.8. The molecule has 3 amide bonds. The van der Waals surface area contributed by atoms with Crippen LogP contribution < -0.4 is 10.1 Å². The standard InChI is InChI=1S/C17H14F3N3O3/c1-26-13-8-7-11(9-21-13)10-23-14(24)16(17(18,19)20,22-15(23)25)12-5-3-2-4-6-12/h2-9H,10H2,1H3,(H,22,25)/t16-/m0/s1. The summed E-state index contributed by atoms with van der Waals surface area (Å²) in [6, 6.07) is 8.47. The minimum atomic E-state index is -5.01. The third kappa shape index (κ3) is 2.75. The van der Waals surface area contributed by atoms with Crippen LogP contribution in [0.25, 0.3) is 0 Å². The van der Waals surface area contributed by atoms with E-state index >= 15 is 0 Å². The van der Waals surface area contributed by atoms with Gasteiger partial charge in [0.05, 0.1) is 13.7 Å². The van der Waals surface area contributed by atoms with Crippen molar-refractivity contribution in [2.24, 2.45) is 0 Å². The van der Waals surface area contributed by atoms with Crippen molar-refractivity contribution in [3.05, 3.63) is 59.8 Å². The first-order valence-electron chi connectivity index (χ1n) is 7.55. The minimum Gasteiger partial charge on any atom is -0.481 e. The summed E-state index contributed by atoms with van der Waals surface area (Å²) in [6.07, 6.45) is -3.68. The van der Waals surface area contributed by atoms with E-state index in [4.69, 9.17) is 4.74 Å². The van der Waals surface area contributed by atoms with Crippen LogP contribution in [0.2, 0.25) is 0 Å². The van der Waals surface area contributed by atoms with Crippen molar-refractivity contribution in [3.8, 4) is 5.88 Å². The molecule has 1 N–H and O–H groups in total. The number of alkyl halides is 3. The van der Waals surface area contributed by atoms with Gasteiger partial charge in [-0.25, -0.2) is 9.78 Å². The molecule has 0 spiro atoms. The molecule has 1 aliphatic heterocycles. The van der Waals surface area contributed by atoms with E-state index in [1.54, 1.807) is 0 Å². The SMILES string of the molecule is COc1ccc(CN2C(=O)N[C@](c3ccccc3)(C(F)(F)F)C2=O)cn1. The molecule has 136 valence electrons. The molecule has 2 aromatic rings. The maximum atomic E-state index is 13.8. The van der Waals surface area contributed by atoms with Crippen molar-refractivity contribution in [3.63, 3.8) is 0 Å². The van der Waals surface area contributed by atoms with E-state index in [0.29, 0.717) is 16.3 Å². The average Bonchev–Trinajstić information content (AvgIpc) is 2.88. The van der Waals surface area contributed by atoms with Crippen molar-refractivity contribution in [2.45, 2.75) is 18.3 Å². The molecular formula is C17H14F3N3O3. The molecule has 2 heterocycles. The van der Waals surface area contributed by atoms with Crippen LogP contribution in [0.15, 0.2) is 48.7 Å². The van der Waals surface area contributed by atoms with Crippen molar-refractivity contribution >= 4 is 11.9 Å². The van der Waals surface area contributed by atoms with Crippen molar-refractivity contribution in [2.75, 3.05) is 7.11 Å². The third-order valence-corrected chi connectivity index (χ3v) is 4.08. The summed E-state index contributed by atoms with van der Waals surface area (Å²) >= 11 is 0. The van der Waals surface area contributed by atoms with Crippen LogP contribution in [0.5, 0.6) is 5.88 Å². The lowest BCUT2D eigenvalue weighted by Crippen LogP contribution is -2.55. The highest BCUT2D eigenvalue weighted by Crippen LogP contribution is 2.43. The van der Waals surface area contributed by atoms with Gasteiger partial charge in [-0.15, -0.1) is 0 Å². The molecule has 0 radical (unpaired) electrons. The van der Waals surface area contributed by atoms with Crippen molar-refractivity contribution in [1.82, 2.24) is 15.2 Å². The van der Waals surface area contributed by atoms with Gasteiger partial charge in [0.15, 0.2) is 0 Å². The first-order chi connectivity index (χ1) is 12.3. The molecule has 1 aromatic carbocycles. The number of hydrogen-bond donors (Lipinski definition) is 1. The van der Waals surface area contributed by atoms with Crippen LogP contribution in [0.1, 0.15) is 11.1 Å². The van der Waals surface area contributed by atoms with Gasteiger partial charge in [-0.05, 0) is 11.1 Å². The Bertz CT molecular complexity index is 825. The molecule has 0 saturated carbocycles. The summed E-state index contributed by atoms with van der Waals surface area (Å²) < 4.78 is 46.4. The molecule has 26 heavy (non-hydrogen) atoms. The zero-order chi connectivity index (χ0) is 18.9. The van der Waals surface area contributed by atoms with Crippen LogP contribution >= 0.6 is 0 Å². The number of ether oxygens (including phenoxy) is 1. The number of pyridine rings is 1. The van der Waals surface area contributed by atoms with Gasteiger partial charge in [0.1, 0.15) is 0 Å². The van der Waals surface area contributed by atoms with E-state index in [1.807, 2.05) is 5.32 Å². The molecule has 0 bridgehead atoms. The number of rotatable bonds is 4. The lowest BCUT2D eigenvalue weighted by Gasteiger charge is -2.29. The van der Waals surface area contributed by atoms with E-state index in [9.17, 15) is 22.8 Å². The molecule has 1 aliphatic rings. The number of imide groups is 1. The lowest BCUT2D eigenvalue weighted by atomic mass is 9.89. The van der Waals surface area contributed by atoms with Crippen LogP contribution in [0, 0.1) is 0 Å². The highest BCUT2D eigenvalue weighted by molar-refractivity contribution is 6.08. The number of hydrogen-bond acceptors (Lipinski definition) is 4. The summed E-state index contributed by atoms with van der Waals surface area (Å²) in [5.41, 5.74) is -3.06. The molecule has 9 heteroatoms. The molecular weight excluding hydrogens is 351 g/mol. The number of aromatic nitrogens is 1. The van der Waals surface area contributed by atoms with E-state index in [2.05, 4.69) is 4.98 Å². The van der Waals surface area contributed by atoms with Crippen molar-refractivity contribution in [1.29, 1.82) is 0 Å². The Morgan fingerprint density at radius 3 is 2.38 bits per heavy atom. The summed E-state index contributed by atoms with van der Waals surface area (Å²) in [7, 11) is 1.41. The Kier molecular flexibility index (Phi) is 4.31. The fraction of sp³-hybridized carbons (Fsp3) is 0.235. The van der Waals surface area contributed by atoms with Gasteiger partial charge >= 0.3 is 12.2 Å². The first kappa shape index (κ1) is 17.7. The highest BCUT2D eigenvalue weighted by Gasteiger charge is 2.68. The quantitative estimate of drug-likeness (QED) is 0.846. The normalized spacial score (nSPS) is 20.2. The van der Waals surface area contributed by atoms with E-state index in [0.717, 1.165) is 12.1 Å². The number of carbonyl (C=O) groups is 2. The van der Waals surface area contributed by atoms with E-state index in [1.165, 1.54) is 43.6 Å². The van der Waals surface area contributed by atoms with Gasteiger partial charge in [0.25, 0.3) is 5.91 Å². The van der Waals surface area contributed by atoms with Gasteiger partial charge in [-0.2, -0.15) is 13.2 Å². The Morgan fingerprint density at radius 2 is 1.85 bits per heavy atom. The first-order valence-corrected chi connectivity index (χ1v) is 7.55.